The van der Waals surface area contributed by atoms with E-state index < -0.39 is 6.61 Å². The number of nitrogens with one attached hydrogen (secondary N) is 2. The van der Waals surface area contributed by atoms with Gasteiger partial charge in [-0.15, -0.1) is 24.0 Å². The van der Waals surface area contributed by atoms with Gasteiger partial charge < -0.3 is 20.3 Å². The maximum atomic E-state index is 12.5. The van der Waals surface area contributed by atoms with Crippen molar-refractivity contribution >= 4 is 41.5 Å². The Balaban J connectivity index is 0.00000261. The van der Waals surface area contributed by atoms with Crippen LogP contribution in [0.4, 0.5) is 8.78 Å². The average molecular weight is 515 g/mol. The number of benzene rings is 1. The highest BCUT2D eigenvalue weighted by atomic mass is 127. The van der Waals surface area contributed by atoms with Gasteiger partial charge in [-0.25, -0.2) is 0 Å². The molecule has 2 N–H and O–H groups in total. The van der Waals surface area contributed by atoms with Gasteiger partial charge in [0.25, 0.3) is 0 Å². The zero-order valence-corrected chi connectivity index (χ0v) is 18.3. The molecule has 0 amide bonds. The molecule has 1 saturated heterocycles. The number of halogens is 4. The summed E-state index contributed by atoms with van der Waals surface area (Å²) in [6.07, 6.45) is 3.87. The van der Waals surface area contributed by atoms with Gasteiger partial charge in [-0.2, -0.15) is 8.78 Å². The minimum absolute atomic E-state index is 0. The van der Waals surface area contributed by atoms with Crippen LogP contribution in [0, 0.1) is 5.92 Å². The maximum Gasteiger partial charge on any atom is 0.387 e. The van der Waals surface area contributed by atoms with Gasteiger partial charge in [-0.05, 0) is 49.9 Å². The standard InChI is InChI=1S/C18H25ClF2N4O.HI/c1-22-18(23-9-12-6-7-25(11-12)15-3-4-15)24-10-13-8-14(19)2-5-16(13)26-17(20)21;/h2,5,8,12,15,17H,3-4,6-7,9-11H2,1H3,(H2,22,23,24);1H. The molecule has 3 rings (SSSR count). The quantitative estimate of drug-likeness (QED) is 0.331. The lowest BCUT2D eigenvalue weighted by Crippen LogP contribution is -2.40. The van der Waals surface area contributed by atoms with Gasteiger partial charge in [0.15, 0.2) is 5.96 Å². The second kappa shape index (κ2) is 10.6. The van der Waals surface area contributed by atoms with Gasteiger partial charge in [-0.1, -0.05) is 11.6 Å². The van der Waals surface area contributed by atoms with Gasteiger partial charge >= 0.3 is 6.61 Å². The lowest BCUT2D eigenvalue weighted by molar-refractivity contribution is -0.0504. The zero-order valence-electron chi connectivity index (χ0n) is 15.3. The van der Waals surface area contributed by atoms with E-state index in [1.165, 1.54) is 37.9 Å². The monoisotopic (exact) mass is 514 g/mol. The molecule has 0 spiro atoms. The van der Waals surface area contributed by atoms with Crippen LogP contribution >= 0.6 is 35.6 Å². The van der Waals surface area contributed by atoms with Crippen LogP contribution in [0.1, 0.15) is 24.8 Å². The van der Waals surface area contributed by atoms with E-state index in [4.69, 9.17) is 11.6 Å². The van der Waals surface area contributed by atoms with Crippen LogP contribution in [-0.2, 0) is 6.54 Å². The second-order valence-corrected chi connectivity index (χ2v) is 7.25. The summed E-state index contributed by atoms with van der Waals surface area (Å²) in [7, 11) is 1.69. The smallest absolute Gasteiger partial charge is 0.387 e. The Bertz CT molecular complexity index is 646. The average Bonchev–Trinajstić information content (AvgIpc) is 3.35. The van der Waals surface area contributed by atoms with E-state index in [9.17, 15) is 8.78 Å². The molecule has 9 heteroatoms. The van der Waals surface area contributed by atoms with Gasteiger partial charge in [-0.3, -0.25) is 4.99 Å². The van der Waals surface area contributed by atoms with Gasteiger partial charge in [0, 0.05) is 43.3 Å². The van der Waals surface area contributed by atoms with Crippen LogP contribution in [0.5, 0.6) is 5.75 Å². The van der Waals surface area contributed by atoms with Gasteiger partial charge in [0.05, 0.1) is 0 Å². The summed E-state index contributed by atoms with van der Waals surface area (Å²) in [5.74, 6) is 1.36. The van der Waals surface area contributed by atoms with Crippen LogP contribution in [0.15, 0.2) is 23.2 Å². The molecule has 1 aromatic carbocycles. The highest BCUT2D eigenvalue weighted by Crippen LogP contribution is 2.31. The summed E-state index contributed by atoms with van der Waals surface area (Å²) in [4.78, 5) is 6.77. The Morgan fingerprint density at radius 1 is 1.33 bits per heavy atom. The van der Waals surface area contributed by atoms with Crippen molar-refractivity contribution in [2.75, 3.05) is 26.7 Å². The Morgan fingerprint density at radius 3 is 2.78 bits per heavy atom. The van der Waals surface area contributed by atoms with Crippen LogP contribution in [0.3, 0.4) is 0 Å². The number of rotatable bonds is 7. The second-order valence-electron chi connectivity index (χ2n) is 6.82. The van der Waals surface area contributed by atoms with E-state index in [0.717, 1.165) is 19.1 Å². The van der Waals surface area contributed by atoms with E-state index in [0.29, 0.717) is 29.0 Å². The molecule has 0 radical (unpaired) electrons. The van der Waals surface area contributed by atoms with Gasteiger partial charge in [0.2, 0.25) is 0 Å². The van der Waals surface area contributed by atoms with Crippen molar-refractivity contribution in [2.24, 2.45) is 10.9 Å². The summed E-state index contributed by atoms with van der Waals surface area (Å²) < 4.78 is 29.6. The number of alkyl halides is 2. The third-order valence-electron chi connectivity index (χ3n) is 4.85. The van der Waals surface area contributed by atoms with Crippen molar-refractivity contribution in [1.29, 1.82) is 0 Å². The van der Waals surface area contributed by atoms with Crippen LogP contribution in [0.2, 0.25) is 5.02 Å². The van der Waals surface area contributed by atoms with Crippen molar-refractivity contribution in [3.05, 3.63) is 28.8 Å². The van der Waals surface area contributed by atoms with E-state index in [2.05, 4.69) is 25.3 Å². The van der Waals surface area contributed by atoms with Crippen molar-refractivity contribution in [1.82, 2.24) is 15.5 Å². The SMILES string of the molecule is CN=C(NCc1cc(Cl)ccc1OC(F)F)NCC1CCN(C2CC2)C1.I. The fraction of sp³-hybridized carbons (Fsp3) is 0.611. The lowest BCUT2D eigenvalue weighted by atomic mass is 10.1. The molecule has 5 nitrogen and oxygen atoms in total. The van der Waals surface area contributed by atoms with Crippen molar-refractivity contribution in [3.63, 3.8) is 0 Å². The van der Waals surface area contributed by atoms with Crippen molar-refractivity contribution < 1.29 is 13.5 Å². The molecule has 0 bridgehead atoms. The zero-order chi connectivity index (χ0) is 18.5. The molecule has 27 heavy (non-hydrogen) atoms. The molecule has 1 aromatic rings. The summed E-state index contributed by atoms with van der Waals surface area (Å²) in [6.45, 7) is 0.582. The number of hydrogen-bond acceptors (Lipinski definition) is 3. The molecule has 2 aliphatic rings. The predicted octanol–water partition coefficient (Wildman–Crippen LogP) is 3.71. The minimum atomic E-state index is -2.87. The molecule has 152 valence electrons. The first-order valence-corrected chi connectivity index (χ1v) is 9.34. The molecular weight excluding hydrogens is 489 g/mol. The number of nitrogens with zero attached hydrogens (tertiary/aromatic N) is 2. The van der Waals surface area contributed by atoms with E-state index in [1.807, 2.05) is 0 Å². The van der Waals surface area contributed by atoms with Crippen molar-refractivity contribution in [3.8, 4) is 5.75 Å². The minimum Gasteiger partial charge on any atom is -0.434 e. The topological polar surface area (TPSA) is 48.9 Å². The number of hydrogen-bond donors (Lipinski definition) is 2. The molecule has 1 heterocycles. The highest BCUT2D eigenvalue weighted by Gasteiger charge is 2.34. The summed E-state index contributed by atoms with van der Waals surface area (Å²) in [5, 5.41) is 6.94. The Kier molecular flexibility index (Phi) is 8.81. The van der Waals surface area contributed by atoms with Gasteiger partial charge in [0.1, 0.15) is 5.75 Å². The maximum absolute atomic E-state index is 12.5. The number of aliphatic imine (C=N–C) groups is 1. The Labute approximate surface area is 180 Å². The number of guanidine groups is 1. The van der Waals surface area contributed by atoms with Crippen LogP contribution < -0.4 is 15.4 Å². The van der Waals surface area contributed by atoms with Crippen LogP contribution in [-0.4, -0.2) is 50.2 Å². The molecule has 0 aromatic heterocycles. The summed E-state index contributed by atoms with van der Waals surface area (Å²) in [6, 6.07) is 5.41. The normalized spacial score (nSPS) is 20.5. The molecule has 1 aliphatic carbocycles. The van der Waals surface area contributed by atoms with Crippen LogP contribution in [0.25, 0.3) is 0 Å². The molecular formula is C18H26ClF2IN4O. The van der Waals surface area contributed by atoms with Crippen molar-refractivity contribution in [2.45, 2.75) is 38.5 Å². The summed E-state index contributed by atoms with van der Waals surface area (Å²) >= 11 is 5.97. The Morgan fingerprint density at radius 2 is 2.11 bits per heavy atom. The fourth-order valence-electron chi connectivity index (χ4n) is 3.34. The predicted molar refractivity (Wildman–Crippen MR) is 114 cm³/mol. The molecule has 2 fully saturated rings. The third-order valence-corrected chi connectivity index (χ3v) is 5.08. The summed E-state index contributed by atoms with van der Waals surface area (Å²) in [5.41, 5.74) is 0.557. The first-order valence-electron chi connectivity index (χ1n) is 8.97. The highest BCUT2D eigenvalue weighted by molar-refractivity contribution is 14.0. The van der Waals surface area contributed by atoms with E-state index in [1.54, 1.807) is 13.1 Å². The number of ether oxygens (including phenoxy) is 1. The molecule has 1 saturated carbocycles. The molecule has 1 unspecified atom stereocenters. The molecule has 1 aliphatic heterocycles. The third kappa shape index (κ3) is 6.90. The first-order chi connectivity index (χ1) is 12.5. The lowest BCUT2D eigenvalue weighted by Gasteiger charge is -2.18. The molecule has 1 atom stereocenters. The number of likely N-dealkylation sites (tertiary alicyclic amines) is 1. The van der Waals surface area contributed by atoms with E-state index in [-0.39, 0.29) is 29.7 Å². The van der Waals surface area contributed by atoms with E-state index >= 15 is 0 Å². The fourth-order valence-corrected chi connectivity index (χ4v) is 3.53. The first kappa shape index (κ1) is 22.4. The Hall–Kier alpha value is -0.870. The largest absolute Gasteiger partial charge is 0.434 e.